The fourth-order valence-electron chi connectivity index (χ4n) is 1.96. The Morgan fingerprint density at radius 2 is 1.82 bits per heavy atom. The van der Waals surface area contributed by atoms with Gasteiger partial charge < -0.3 is 5.32 Å². The molecule has 0 unspecified atom stereocenters. The van der Waals surface area contributed by atoms with Gasteiger partial charge in [0.1, 0.15) is 6.04 Å². The average Bonchev–Trinajstić information content (AvgIpc) is 2.57. The molecule has 1 atom stereocenters. The van der Waals surface area contributed by atoms with E-state index in [9.17, 15) is 9.59 Å². The van der Waals surface area contributed by atoms with Crippen LogP contribution in [0, 0.1) is 0 Å². The highest BCUT2D eigenvalue weighted by molar-refractivity contribution is 5.97. The summed E-state index contributed by atoms with van der Waals surface area (Å²) in [6.45, 7) is 0.418. The SMILES string of the molecule is CNC(=O)NC(=O)[C@@H](NCc1ccccn1)c1ccccc1. The molecule has 0 aliphatic rings. The number of carbonyl (C=O) groups is 2. The monoisotopic (exact) mass is 298 g/mol. The first-order chi connectivity index (χ1) is 10.7. The number of carbonyl (C=O) groups excluding carboxylic acids is 2. The zero-order valence-electron chi connectivity index (χ0n) is 12.2. The standard InChI is InChI=1S/C16H18N4O2/c1-17-16(22)20-15(21)14(12-7-3-2-4-8-12)19-11-13-9-5-6-10-18-13/h2-10,14,19H,11H2,1H3,(H2,17,20,21,22)/t14-/m0/s1. The minimum atomic E-state index is -0.638. The van der Waals surface area contributed by atoms with Crippen LogP contribution in [0.5, 0.6) is 0 Å². The minimum Gasteiger partial charge on any atom is -0.341 e. The van der Waals surface area contributed by atoms with Crippen LogP contribution >= 0.6 is 0 Å². The molecule has 1 heterocycles. The maximum absolute atomic E-state index is 12.3. The molecule has 0 fully saturated rings. The van der Waals surface area contributed by atoms with Crippen LogP contribution in [0.1, 0.15) is 17.3 Å². The average molecular weight is 298 g/mol. The molecule has 0 aliphatic heterocycles. The van der Waals surface area contributed by atoms with Crippen molar-refractivity contribution in [3.05, 3.63) is 66.0 Å². The molecule has 0 radical (unpaired) electrons. The number of nitrogens with one attached hydrogen (secondary N) is 3. The fraction of sp³-hybridized carbons (Fsp3) is 0.188. The van der Waals surface area contributed by atoms with Crippen molar-refractivity contribution >= 4 is 11.9 Å². The molecule has 6 nitrogen and oxygen atoms in total. The number of hydrogen-bond acceptors (Lipinski definition) is 4. The van der Waals surface area contributed by atoms with E-state index in [-0.39, 0.29) is 0 Å². The summed E-state index contributed by atoms with van der Waals surface area (Å²) < 4.78 is 0. The van der Waals surface area contributed by atoms with Gasteiger partial charge in [-0.05, 0) is 17.7 Å². The molecule has 0 saturated carbocycles. The van der Waals surface area contributed by atoms with E-state index < -0.39 is 18.0 Å². The van der Waals surface area contributed by atoms with Gasteiger partial charge in [0.05, 0.1) is 5.69 Å². The number of imide groups is 1. The number of nitrogens with zero attached hydrogens (tertiary/aromatic N) is 1. The van der Waals surface area contributed by atoms with Gasteiger partial charge in [-0.2, -0.15) is 0 Å². The summed E-state index contributed by atoms with van der Waals surface area (Å²) >= 11 is 0. The van der Waals surface area contributed by atoms with E-state index >= 15 is 0 Å². The Bertz CT molecular complexity index is 617. The third kappa shape index (κ3) is 4.39. The summed E-state index contributed by atoms with van der Waals surface area (Å²) in [5, 5.41) is 7.78. The second-order valence-corrected chi connectivity index (χ2v) is 4.61. The van der Waals surface area contributed by atoms with Gasteiger partial charge in [-0.15, -0.1) is 0 Å². The van der Waals surface area contributed by atoms with Gasteiger partial charge in [0.15, 0.2) is 0 Å². The van der Waals surface area contributed by atoms with Gasteiger partial charge in [0.2, 0.25) is 5.91 Å². The van der Waals surface area contributed by atoms with Crippen LogP contribution in [0.2, 0.25) is 0 Å². The van der Waals surface area contributed by atoms with Crippen LogP contribution in [0.3, 0.4) is 0 Å². The summed E-state index contributed by atoms with van der Waals surface area (Å²) in [4.78, 5) is 27.8. The Hall–Kier alpha value is -2.73. The zero-order valence-corrected chi connectivity index (χ0v) is 12.2. The number of hydrogen-bond donors (Lipinski definition) is 3. The second kappa shape index (κ2) is 7.90. The molecule has 2 rings (SSSR count). The molecular formula is C16H18N4O2. The topological polar surface area (TPSA) is 83.1 Å². The van der Waals surface area contributed by atoms with Crippen molar-refractivity contribution in [1.29, 1.82) is 0 Å². The highest BCUT2D eigenvalue weighted by atomic mass is 16.2. The van der Waals surface area contributed by atoms with Crippen molar-refractivity contribution in [3.8, 4) is 0 Å². The summed E-state index contributed by atoms with van der Waals surface area (Å²) in [5.74, 6) is -0.415. The molecule has 0 aliphatic carbocycles. The quantitative estimate of drug-likeness (QED) is 0.778. The van der Waals surface area contributed by atoms with Crippen LogP contribution in [-0.2, 0) is 11.3 Å². The number of urea groups is 1. The van der Waals surface area contributed by atoms with Gasteiger partial charge in [-0.25, -0.2) is 4.79 Å². The molecule has 1 aromatic carbocycles. The first kappa shape index (κ1) is 15.7. The molecule has 1 aromatic heterocycles. The first-order valence-corrected chi connectivity index (χ1v) is 6.91. The van der Waals surface area contributed by atoms with Gasteiger partial charge in [-0.3, -0.25) is 20.4 Å². The Morgan fingerprint density at radius 3 is 2.45 bits per heavy atom. The van der Waals surface area contributed by atoms with Crippen molar-refractivity contribution in [2.24, 2.45) is 0 Å². The number of rotatable bonds is 5. The molecule has 6 heteroatoms. The highest BCUT2D eigenvalue weighted by Crippen LogP contribution is 2.13. The predicted octanol–water partition coefficient (Wildman–Crippen LogP) is 1.37. The van der Waals surface area contributed by atoms with Gasteiger partial charge in [-0.1, -0.05) is 36.4 Å². The predicted molar refractivity (Wildman–Crippen MR) is 82.9 cm³/mol. The van der Waals surface area contributed by atoms with E-state index in [1.54, 1.807) is 6.20 Å². The smallest absolute Gasteiger partial charge is 0.321 e. The summed E-state index contributed by atoms with van der Waals surface area (Å²) in [7, 11) is 1.46. The fourth-order valence-corrected chi connectivity index (χ4v) is 1.96. The maximum atomic E-state index is 12.3. The lowest BCUT2D eigenvalue weighted by Crippen LogP contribution is -2.44. The summed E-state index contributed by atoms with van der Waals surface area (Å²) in [6.07, 6.45) is 1.69. The molecule has 2 aromatic rings. The lowest BCUT2D eigenvalue weighted by atomic mass is 10.1. The Balaban J connectivity index is 2.11. The number of aromatic nitrogens is 1. The number of pyridine rings is 1. The van der Waals surface area contributed by atoms with Gasteiger partial charge in [0.25, 0.3) is 0 Å². The lowest BCUT2D eigenvalue weighted by Gasteiger charge is -2.18. The molecule has 114 valence electrons. The molecule has 0 spiro atoms. The largest absolute Gasteiger partial charge is 0.341 e. The maximum Gasteiger partial charge on any atom is 0.321 e. The van der Waals surface area contributed by atoms with E-state index in [2.05, 4.69) is 20.9 Å². The van der Waals surface area contributed by atoms with Crippen LogP contribution in [-0.4, -0.2) is 24.0 Å². The highest BCUT2D eigenvalue weighted by Gasteiger charge is 2.21. The molecule has 22 heavy (non-hydrogen) atoms. The van der Waals surface area contributed by atoms with E-state index in [0.717, 1.165) is 11.3 Å². The third-order valence-electron chi connectivity index (χ3n) is 3.07. The van der Waals surface area contributed by atoms with Crippen LogP contribution < -0.4 is 16.0 Å². The molecule has 0 saturated heterocycles. The number of amides is 3. The first-order valence-electron chi connectivity index (χ1n) is 6.91. The number of benzene rings is 1. The molecule has 0 bridgehead atoms. The van der Waals surface area contributed by atoms with Gasteiger partial charge in [0, 0.05) is 19.8 Å². The second-order valence-electron chi connectivity index (χ2n) is 4.61. The van der Waals surface area contributed by atoms with Crippen molar-refractivity contribution in [1.82, 2.24) is 20.9 Å². The van der Waals surface area contributed by atoms with E-state index in [4.69, 9.17) is 0 Å². The molecule has 3 N–H and O–H groups in total. The van der Waals surface area contributed by atoms with Gasteiger partial charge >= 0.3 is 6.03 Å². The third-order valence-corrected chi connectivity index (χ3v) is 3.07. The Kier molecular flexibility index (Phi) is 5.62. The van der Waals surface area contributed by atoms with Crippen molar-refractivity contribution in [2.45, 2.75) is 12.6 Å². The minimum absolute atomic E-state index is 0.415. The van der Waals surface area contributed by atoms with Crippen molar-refractivity contribution in [3.63, 3.8) is 0 Å². The summed E-state index contributed by atoms with van der Waals surface area (Å²) in [6, 6.07) is 13.6. The molecular weight excluding hydrogens is 280 g/mol. The van der Waals surface area contributed by atoms with Crippen molar-refractivity contribution < 1.29 is 9.59 Å². The van der Waals surface area contributed by atoms with Crippen LogP contribution in [0.4, 0.5) is 4.79 Å². The van der Waals surface area contributed by atoms with Crippen LogP contribution in [0.15, 0.2) is 54.7 Å². The Labute approximate surface area is 129 Å². The van der Waals surface area contributed by atoms with Crippen LogP contribution in [0.25, 0.3) is 0 Å². The summed E-state index contributed by atoms with van der Waals surface area (Å²) in [5.41, 5.74) is 1.59. The lowest BCUT2D eigenvalue weighted by molar-refractivity contribution is -0.122. The zero-order chi connectivity index (χ0) is 15.8. The van der Waals surface area contributed by atoms with Crippen molar-refractivity contribution in [2.75, 3.05) is 7.05 Å². The van der Waals surface area contributed by atoms with E-state index in [0.29, 0.717) is 6.54 Å². The van der Waals surface area contributed by atoms with E-state index in [1.165, 1.54) is 7.05 Å². The molecule has 3 amide bonds. The Morgan fingerprint density at radius 1 is 1.09 bits per heavy atom. The normalized spacial score (nSPS) is 11.5. The van der Waals surface area contributed by atoms with E-state index in [1.807, 2.05) is 48.5 Å².